The lowest BCUT2D eigenvalue weighted by molar-refractivity contribution is -0.131. The second kappa shape index (κ2) is 5.60. The first-order valence-corrected chi connectivity index (χ1v) is 6.91. The van der Waals surface area contributed by atoms with E-state index >= 15 is 0 Å². The van der Waals surface area contributed by atoms with E-state index in [1.165, 1.54) is 5.56 Å². The van der Waals surface area contributed by atoms with Gasteiger partial charge in [0.2, 0.25) is 0 Å². The summed E-state index contributed by atoms with van der Waals surface area (Å²) in [5, 5.41) is 4.17. The van der Waals surface area contributed by atoms with Gasteiger partial charge in [-0.25, -0.2) is 0 Å². The molecule has 0 bridgehead atoms. The van der Waals surface area contributed by atoms with Crippen LogP contribution in [0, 0.1) is 5.92 Å². The number of carbonyl (C=O) groups excluding carboxylic acids is 1. The zero-order chi connectivity index (χ0) is 11.4. The lowest BCUT2D eigenvalue weighted by atomic mass is 10.0. The van der Waals surface area contributed by atoms with Crippen LogP contribution in [0.5, 0.6) is 0 Å². The Morgan fingerprint density at radius 1 is 1.62 bits per heavy atom. The molecule has 1 heterocycles. The first kappa shape index (κ1) is 11.8. The van der Waals surface area contributed by atoms with E-state index in [2.05, 4.69) is 16.8 Å². The van der Waals surface area contributed by atoms with Gasteiger partial charge in [-0.05, 0) is 54.5 Å². The molecule has 2 rings (SSSR count). The van der Waals surface area contributed by atoms with Crippen molar-refractivity contribution in [2.24, 2.45) is 5.92 Å². The largest absolute Gasteiger partial charge is 0.370 e. The van der Waals surface area contributed by atoms with Crippen molar-refractivity contribution in [2.75, 3.05) is 6.61 Å². The summed E-state index contributed by atoms with van der Waals surface area (Å²) in [7, 11) is 0. The van der Waals surface area contributed by atoms with E-state index in [0.29, 0.717) is 18.9 Å². The third kappa shape index (κ3) is 3.16. The maximum Gasteiger partial charge on any atom is 0.162 e. The molecule has 1 aliphatic carbocycles. The molecule has 1 saturated carbocycles. The minimum absolute atomic E-state index is 0.122. The number of ether oxygens (including phenoxy) is 1. The Morgan fingerprint density at radius 2 is 2.44 bits per heavy atom. The first-order chi connectivity index (χ1) is 7.81. The van der Waals surface area contributed by atoms with Crippen LogP contribution in [0.25, 0.3) is 0 Å². The summed E-state index contributed by atoms with van der Waals surface area (Å²) < 4.78 is 5.55. The average molecular weight is 238 g/mol. The number of Topliss-reactive ketones (excluding diaryl/α,β-unsaturated/α-hetero) is 1. The van der Waals surface area contributed by atoms with Crippen molar-refractivity contribution in [3.8, 4) is 0 Å². The molecule has 1 atom stereocenters. The Kier molecular flexibility index (Phi) is 4.13. The van der Waals surface area contributed by atoms with Gasteiger partial charge in [-0.15, -0.1) is 0 Å². The van der Waals surface area contributed by atoms with Crippen molar-refractivity contribution >= 4 is 17.1 Å². The number of thiophene rings is 1. The molecule has 2 nitrogen and oxygen atoms in total. The number of ketones is 1. The number of hydrogen-bond acceptors (Lipinski definition) is 3. The van der Waals surface area contributed by atoms with Crippen LogP contribution in [0.3, 0.4) is 0 Å². The predicted octanol–water partition coefficient (Wildman–Crippen LogP) is 3.06. The third-order valence-electron chi connectivity index (χ3n) is 2.95. The Balaban J connectivity index is 1.81. The maximum absolute atomic E-state index is 12.0. The van der Waals surface area contributed by atoms with Gasteiger partial charge >= 0.3 is 0 Å². The van der Waals surface area contributed by atoms with Crippen LogP contribution in [0.1, 0.15) is 31.7 Å². The molecule has 0 amide bonds. The minimum atomic E-state index is -0.122. The quantitative estimate of drug-likeness (QED) is 0.729. The van der Waals surface area contributed by atoms with Gasteiger partial charge in [-0.3, -0.25) is 4.79 Å². The highest BCUT2D eigenvalue weighted by molar-refractivity contribution is 7.07. The van der Waals surface area contributed by atoms with E-state index in [9.17, 15) is 4.79 Å². The third-order valence-corrected chi connectivity index (χ3v) is 3.69. The molecular formula is C13H18O2S. The standard InChI is InChI=1S/C13H18O2S/c1-2-15-13(11-4-5-11)12(14)6-3-10-7-8-16-9-10/h7-9,11,13H,2-6H2,1H3. The van der Waals surface area contributed by atoms with Crippen LogP contribution in [-0.4, -0.2) is 18.5 Å². The number of carbonyl (C=O) groups is 1. The maximum atomic E-state index is 12.0. The molecule has 3 heteroatoms. The van der Waals surface area contributed by atoms with Gasteiger partial charge in [0.05, 0.1) is 0 Å². The second-order valence-electron chi connectivity index (χ2n) is 4.31. The topological polar surface area (TPSA) is 26.3 Å². The Hall–Kier alpha value is -0.670. The molecule has 1 aromatic rings. The van der Waals surface area contributed by atoms with E-state index in [1.54, 1.807) is 11.3 Å². The van der Waals surface area contributed by atoms with Crippen LogP contribution in [0.4, 0.5) is 0 Å². The number of rotatable bonds is 7. The molecule has 0 N–H and O–H groups in total. The molecule has 16 heavy (non-hydrogen) atoms. The fraction of sp³-hybridized carbons (Fsp3) is 0.615. The Bertz CT molecular complexity index is 328. The highest BCUT2D eigenvalue weighted by atomic mass is 32.1. The summed E-state index contributed by atoms with van der Waals surface area (Å²) in [6, 6.07) is 2.09. The Morgan fingerprint density at radius 3 is 3.00 bits per heavy atom. The molecule has 0 aliphatic heterocycles. The SMILES string of the molecule is CCOC(C(=O)CCc1ccsc1)C1CC1. The zero-order valence-corrected chi connectivity index (χ0v) is 10.5. The van der Waals surface area contributed by atoms with Gasteiger partial charge in [-0.1, -0.05) is 0 Å². The van der Waals surface area contributed by atoms with Gasteiger partial charge in [-0.2, -0.15) is 11.3 Å². The molecule has 1 aromatic heterocycles. The molecular weight excluding hydrogens is 220 g/mol. The second-order valence-corrected chi connectivity index (χ2v) is 5.09. The molecule has 1 fully saturated rings. The average Bonchev–Trinajstić information content (AvgIpc) is 2.99. The van der Waals surface area contributed by atoms with Crippen LogP contribution >= 0.6 is 11.3 Å². The molecule has 88 valence electrons. The van der Waals surface area contributed by atoms with E-state index < -0.39 is 0 Å². The lowest BCUT2D eigenvalue weighted by Gasteiger charge is -2.14. The smallest absolute Gasteiger partial charge is 0.162 e. The van der Waals surface area contributed by atoms with Gasteiger partial charge in [0.1, 0.15) is 6.10 Å². The molecule has 0 radical (unpaired) electrons. The fourth-order valence-corrected chi connectivity index (χ4v) is 2.62. The predicted molar refractivity (Wildman–Crippen MR) is 65.8 cm³/mol. The lowest BCUT2D eigenvalue weighted by Crippen LogP contribution is -2.26. The van der Waals surface area contributed by atoms with E-state index in [0.717, 1.165) is 19.3 Å². The van der Waals surface area contributed by atoms with Gasteiger partial charge in [0, 0.05) is 13.0 Å². The monoisotopic (exact) mass is 238 g/mol. The summed E-state index contributed by atoms with van der Waals surface area (Å²) in [5.41, 5.74) is 1.27. The summed E-state index contributed by atoms with van der Waals surface area (Å²) in [5.74, 6) is 0.797. The zero-order valence-electron chi connectivity index (χ0n) is 9.65. The van der Waals surface area contributed by atoms with Gasteiger partial charge in [0.15, 0.2) is 5.78 Å². The van der Waals surface area contributed by atoms with Crippen LogP contribution in [0.2, 0.25) is 0 Å². The van der Waals surface area contributed by atoms with Gasteiger partial charge in [0.25, 0.3) is 0 Å². The molecule has 0 saturated heterocycles. The van der Waals surface area contributed by atoms with Crippen molar-refractivity contribution in [3.05, 3.63) is 22.4 Å². The van der Waals surface area contributed by atoms with E-state index in [1.807, 2.05) is 6.92 Å². The first-order valence-electron chi connectivity index (χ1n) is 5.96. The number of aryl methyl sites for hydroxylation is 1. The highest BCUT2D eigenvalue weighted by Gasteiger charge is 2.36. The fourth-order valence-electron chi connectivity index (χ4n) is 1.92. The Labute approximate surface area is 101 Å². The van der Waals surface area contributed by atoms with Crippen LogP contribution < -0.4 is 0 Å². The highest BCUT2D eigenvalue weighted by Crippen LogP contribution is 2.35. The van der Waals surface area contributed by atoms with Crippen molar-refractivity contribution in [3.63, 3.8) is 0 Å². The van der Waals surface area contributed by atoms with E-state index in [-0.39, 0.29) is 11.9 Å². The minimum Gasteiger partial charge on any atom is -0.370 e. The molecule has 0 aromatic carbocycles. The molecule has 0 spiro atoms. The normalized spacial score (nSPS) is 17.3. The number of hydrogen-bond donors (Lipinski definition) is 0. The van der Waals surface area contributed by atoms with Crippen LogP contribution in [-0.2, 0) is 16.0 Å². The molecule has 1 aliphatic rings. The van der Waals surface area contributed by atoms with E-state index in [4.69, 9.17) is 4.74 Å². The van der Waals surface area contributed by atoms with Crippen molar-refractivity contribution in [1.29, 1.82) is 0 Å². The summed E-state index contributed by atoms with van der Waals surface area (Å²) in [4.78, 5) is 12.0. The molecule has 1 unspecified atom stereocenters. The van der Waals surface area contributed by atoms with Gasteiger partial charge < -0.3 is 4.74 Å². The summed E-state index contributed by atoms with van der Waals surface area (Å²) >= 11 is 1.69. The van der Waals surface area contributed by atoms with Crippen molar-refractivity contribution in [1.82, 2.24) is 0 Å². The summed E-state index contributed by atoms with van der Waals surface area (Å²) in [6.45, 7) is 2.60. The summed E-state index contributed by atoms with van der Waals surface area (Å²) in [6.07, 6.45) is 3.68. The van der Waals surface area contributed by atoms with Crippen molar-refractivity contribution < 1.29 is 9.53 Å². The van der Waals surface area contributed by atoms with Crippen molar-refractivity contribution in [2.45, 2.75) is 38.7 Å². The van der Waals surface area contributed by atoms with Crippen LogP contribution in [0.15, 0.2) is 16.8 Å².